The highest BCUT2D eigenvalue weighted by atomic mass is 19.4. The first-order valence-corrected chi connectivity index (χ1v) is 10.9. The molecule has 0 aliphatic carbocycles. The van der Waals surface area contributed by atoms with Gasteiger partial charge in [0.25, 0.3) is 0 Å². The third kappa shape index (κ3) is 6.33. The fourth-order valence-corrected chi connectivity index (χ4v) is 4.05. The molecule has 2 aromatic carbocycles. The van der Waals surface area contributed by atoms with Gasteiger partial charge >= 0.3 is 18.0 Å². The van der Waals surface area contributed by atoms with E-state index in [2.05, 4.69) is 15.2 Å². The van der Waals surface area contributed by atoms with Gasteiger partial charge < -0.3 is 9.47 Å². The molecule has 4 rings (SSSR count). The summed E-state index contributed by atoms with van der Waals surface area (Å²) in [6.07, 6.45) is -10.9. The van der Waals surface area contributed by atoms with E-state index in [1.807, 2.05) is 35.2 Å². The molecule has 1 aromatic heterocycles. The lowest BCUT2D eigenvalue weighted by Crippen LogP contribution is -2.46. The van der Waals surface area contributed by atoms with Crippen molar-refractivity contribution in [1.82, 2.24) is 20.1 Å². The van der Waals surface area contributed by atoms with E-state index < -0.39 is 41.5 Å². The molecule has 2 N–H and O–H groups in total. The van der Waals surface area contributed by atoms with Gasteiger partial charge in [0, 0.05) is 6.54 Å². The monoisotopic (exact) mass is 516 g/mol. The number of H-pyrrole nitrogens is 2. The molecule has 0 radical (unpaired) electrons. The van der Waals surface area contributed by atoms with E-state index in [0.717, 1.165) is 5.56 Å². The van der Waals surface area contributed by atoms with Crippen LogP contribution in [-0.2, 0) is 34.8 Å². The molecule has 3 aromatic rings. The van der Waals surface area contributed by atoms with E-state index in [1.165, 1.54) is 0 Å². The Kier molecular flexibility index (Phi) is 7.52. The number of aromatic nitrogens is 3. The number of halogens is 6. The second-order valence-corrected chi connectivity index (χ2v) is 8.22. The second-order valence-electron chi connectivity index (χ2n) is 8.22. The Hall–Kier alpha value is -3.16. The van der Waals surface area contributed by atoms with Crippen LogP contribution >= 0.6 is 0 Å². The highest BCUT2D eigenvalue weighted by molar-refractivity contribution is 5.33. The van der Waals surface area contributed by atoms with Gasteiger partial charge in [-0.1, -0.05) is 30.3 Å². The Morgan fingerprint density at radius 3 is 2.28 bits per heavy atom. The number of benzene rings is 2. The number of ether oxygens (including phenoxy) is 2. The van der Waals surface area contributed by atoms with Gasteiger partial charge in [-0.15, -0.1) is 0 Å². The summed E-state index contributed by atoms with van der Waals surface area (Å²) >= 11 is 0. The summed E-state index contributed by atoms with van der Waals surface area (Å²) in [5.74, 6) is 0.394. The molecule has 2 heterocycles. The SMILES string of the molecule is O=c1[nH]nc(CN2CCOC(OCCc3cc(C(F)(F)F)cc(C(F)(F)F)c3)C2c2ccccc2)[nH]1. The Bertz CT molecular complexity index is 1180. The summed E-state index contributed by atoms with van der Waals surface area (Å²) in [6, 6.07) is 10.2. The fraction of sp³-hybridized carbons (Fsp3) is 0.391. The normalized spacial score (nSPS) is 19.5. The van der Waals surface area contributed by atoms with Crippen LogP contribution in [0, 0.1) is 0 Å². The van der Waals surface area contributed by atoms with E-state index >= 15 is 0 Å². The second kappa shape index (κ2) is 10.4. The summed E-state index contributed by atoms with van der Waals surface area (Å²) in [4.78, 5) is 16.0. The molecule has 1 aliphatic rings. The Morgan fingerprint density at radius 2 is 1.69 bits per heavy atom. The van der Waals surface area contributed by atoms with Crippen LogP contribution in [0.5, 0.6) is 0 Å². The van der Waals surface area contributed by atoms with E-state index in [1.54, 1.807) is 0 Å². The first-order chi connectivity index (χ1) is 17.0. The summed E-state index contributed by atoms with van der Waals surface area (Å²) < 4.78 is 90.6. The van der Waals surface area contributed by atoms with Crippen LogP contribution in [0.4, 0.5) is 26.3 Å². The van der Waals surface area contributed by atoms with Crippen LogP contribution in [0.15, 0.2) is 53.3 Å². The van der Waals surface area contributed by atoms with Crippen molar-refractivity contribution in [2.24, 2.45) is 0 Å². The number of hydrogen-bond donors (Lipinski definition) is 2. The molecule has 2 unspecified atom stereocenters. The number of morpholine rings is 1. The standard InChI is InChI=1S/C23H22F6N4O3/c24-22(25,26)16-10-14(11-17(12-16)23(27,28)29)6-8-35-20-19(15-4-2-1-3-5-15)33(7-9-36-20)13-18-30-21(34)32-31-18/h1-5,10-12,19-20H,6-9,13H2,(H2,30,31,32,34). The minimum absolute atomic E-state index is 0.0945. The van der Waals surface area contributed by atoms with Crippen molar-refractivity contribution in [2.45, 2.75) is 37.7 Å². The average Bonchev–Trinajstić information content (AvgIpc) is 3.23. The molecule has 36 heavy (non-hydrogen) atoms. The van der Waals surface area contributed by atoms with Gasteiger partial charge in [-0.25, -0.2) is 9.89 Å². The average molecular weight is 516 g/mol. The molecule has 0 spiro atoms. The maximum absolute atomic E-state index is 13.2. The molecule has 1 aliphatic heterocycles. The number of nitrogens with zero attached hydrogens (tertiary/aromatic N) is 2. The van der Waals surface area contributed by atoms with Crippen molar-refractivity contribution in [3.63, 3.8) is 0 Å². The van der Waals surface area contributed by atoms with Crippen LogP contribution in [0.2, 0.25) is 0 Å². The summed E-state index contributed by atoms with van der Waals surface area (Å²) in [7, 11) is 0. The molecule has 7 nitrogen and oxygen atoms in total. The molecular formula is C23H22F6N4O3. The molecule has 0 amide bonds. The van der Waals surface area contributed by atoms with Crippen LogP contribution in [-0.4, -0.2) is 46.1 Å². The van der Waals surface area contributed by atoms with Crippen molar-refractivity contribution in [3.8, 4) is 0 Å². The van der Waals surface area contributed by atoms with Crippen LogP contribution in [0.25, 0.3) is 0 Å². The van der Waals surface area contributed by atoms with Crippen molar-refractivity contribution in [2.75, 3.05) is 19.8 Å². The molecule has 2 atom stereocenters. The molecule has 0 bridgehead atoms. The lowest BCUT2D eigenvalue weighted by molar-refractivity contribution is -0.212. The van der Waals surface area contributed by atoms with Crippen LogP contribution in [0.3, 0.4) is 0 Å². The van der Waals surface area contributed by atoms with Crippen LogP contribution in [0.1, 0.15) is 34.1 Å². The molecule has 194 valence electrons. The lowest BCUT2D eigenvalue weighted by Gasteiger charge is -2.40. The smallest absolute Gasteiger partial charge is 0.350 e. The van der Waals surface area contributed by atoms with Crippen molar-refractivity contribution >= 4 is 0 Å². The zero-order chi connectivity index (χ0) is 25.9. The zero-order valence-corrected chi connectivity index (χ0v) is 18.7. The van der Waals surface area contributed by atoms with Gasteiger partial charge in [0.05, 0.1) is 36.9 Å². The predicted octanol–water partition coefficient (Wildman–Crippen LogP) is 4.29. The fourth-order valence-electron chi connectivity index (χ4n) is 4.05. The molecule has 0 saturated carbocycles. The van der Waals surface area contributed by atoms with Gasteiger partial charge in [-0.3, -0.25) is 9.88 Å². The third-order valence-corrected chi connectivity index (χ3v) is 5.68. The zero-order valence-electron chi connectivity index (χ0n) is 18.7. The summed E-state index contributed by atoms with van der Waals surface area (Å²) in [6.45, 7) is 0.797. The van der Waals surface area contributed by atoms with E-state index in [9.17, 15) is 31.1 Å². The minimum atomic E-state index is -4.92. The van der Waals surface area contributed by atoms with Gasteiger partial charge in [0.2, 0.25) is 0 Å². The number of hydrogen-bond acceptors (Lipinski definition) is 5. The Labute approximate surface area is 201 Å². The third-order valence-electron chi connectivity index (χ3n) is 5.68. The van der Waals surface area contributed by atoms with E-state index in [4.69, 9.17) is 9.47 Å². The lowest BCUT2D eigenvalue weighted by atomic mass is 10.0. The highest BCUT2D eigenvalue weighted by Crippen LogP contribution is 2.37. The van der Waals surface area contributed by atoms with Crippen molar-refractivity contribution < 1.29 is 35.8 Å². The van der Waals surface area contributed by atoms with E-state index in [-0.39, 0.29) is 37.8 Å². The Morgan fingerprint density at radius 1 is 1.03 bits per heavy atom. The molecular weight excluding hydrogens is 494 g/mol. The molecule has 1 fully saturated rings. The first-order valence-electron chi connectivity index (χ1n) is 10.9. The van der Waals surface area contributed by atoms with Crippen molar-refractivity contribution in [3.05, 3.63) is 87.1 Å². The maximum atomic E-state index is 13.2. The largest absolute Gasteiger partial charge is 0.416 e. The quantitative estimate of drug-likeness (QED) is 0.458. The van der Waals surface area contributed by atoms with Gasteiger partial charge in [-0.05, 0) is 35.7 Å². The van der Waals surface area contributed by atoms with Gasteiger partial charge in [0.1, 0.15) is 5.82 Å². The molecule has 13 heteroatoms. The number of nitrogens with one attached hydrogen (secondary N) is 2. The maximum Gasteiger partial charge on any atom is 0.416 e. The minimum Gasteiger partial charge on any atom is -0.350 e. The van der Waals surface area contributed by atoms with Gasteiger partial charge in [0.15, 0.2) is 6.29 Å². The van der Waals surface area contributed by atoms with E-state index in [0.29, 0.717) is 24.5 Å². The summed E-state index contributed by atoms with van der Waals surface area (Å²) in [5, 5.41) is 6.22. The first kappa shape index (κ1) is 25.9. The molecule has 1 saturated heterocycles. The topological polar surface area (TPSA) is 83.2 Å². The highest BCUT2D eigenvalue weighted by Gasteiger charge is 2.37. The van der Waals surface area contributed by atoms with Crippen molar-refractivity contribution in [1.29, 1.82) is 0 Å². The number of rotatable bonds is 7. The van der Waals surface area contributed by atoms with Crippen LogP contribution < -0.4 is 5.69 Å². The van der Waals surface area contributed by atoms with Gasteiger partial charge in [-0.2, -0.15) is 31.4 Å². The summed E-state index contributed by atoms with van der Waals surface area (Å²) in [5.41, 5.74) is -2.54. The number of alkyl halides is 6. The number of aromatic amines is 2. The predicted molar refractivity (Wildman–Crippen MR) is 115 cm³/mol. The Balaban J connectivity index is 1.52.